The zero-order valence-corrected chi connectivity index (χ0v) is 17.6. The molecule has 0 aliphatic carbocycles. The molecule has 0 spiro atoms. The van der Waals surface area contributed by atoms with Gasteiger partial charge in [0.15, 0.2) is 0 Å². The predicted molar refractivity (Wildman–Crippen MR) is 120 cm³/mol. The summed E-state index contributed by atoms with van der Waals surface area (Å²) < 4.78 is 5.91. The Bertz CT molecular complexity index is 1240. The summed E-state index contributed by atoms with van der Waals surface area (Å²) in [5, 5.41) is 3.75. The Kier molecular flexibility index (Phi) is 5.85. The molecule has 8 nitrogen and oxygen atoms in total. The largest absolute Gasteiger partial charge is 0.363 e. The van der Waals surface area contributed by atoms with Crippen molar-refractivity contribution in [3.8, 4) is 0 Å². The zero-order chi connectivity index (χ0) is 22.7. The number of carbonyl (C=O) groups is 1. The van der Waals surface area contributed by atoms with Crippen LogP contribution in [0.5, 0.6) is 0 Å². The Hall–Kier alpha value is -4.20. The van der Waals surface area contributed by atoms with E-state index in [4.69, 9.17) is 4.52 Å². The third-order valence-corrected chi connectivity index (χ3v) is 5.50. The Morgan fingerprint density at radius 3 is 2.12 bits per heavy atom. The van der Waals surface area contributed by atoms with Crippen molar-refractivity contribution in [3.05, 3.63) is 117 Å². The SMILES string of the molecule is CC(C(c1ccccc1)c1ccccc1)N(C(=O)c1cc(=O)n(C)c(=O)[nH]1)c1cnoc1. The lowest BCUT2D eigenvalue weighted by Gasteiger charge is -2.34. The van der Waals surface area contributed by atoms with Gasteiger partial charge in [-0.05, 0) is 18.1 Å². The van der Waals surface area contributed by atoms with E-state index in [2.05, 4.69) is 10.1 Å². The van der Waals surface area contributed by atoms with Crippen molar-refractivity contribution >= 4 is 11.6 Å². The van der Waals surface area contributed by atoms with Gasteiger partial charge in [0.05, 0.1) is 6.20 Å². The summed E-state index contributed by atoms with van der Waals surface area (Å²) in [5.41, 5.74) is 1.10. The molecule has 1 atom stereocenters. The van der Waals surface area contributed by atoms with Gasteiger partial charge in [0.2, 0.25) is 0 Å². The number of amides is 1. The molecule has 0 radical (unpaired) electrons. The first-order valence-corrected chi connectivity index (χ1v) is 10.1. The van der Waals surface area contributed by atoms with Crippen LogP contribution in [0, 0.1) is 0 Å². The number of carbonyl (C=O) groups excluding carboxylic acids is 1. The summed E-state index contributed by atoms with van der Waals surface area (Å²) >= 11 is 0. The van der Waals surface area contributed by atoms with E-state index >= 15 is 0 Å². The van der Waals surface area contributed by atoms with Crippen LogP contribution in [0.25, 0.3) is 0 Å². The topological polar surface area (TPSA) is 101 Å². The summed E-state index contributed by atoms with van der Waals surface area (Å²) in [4.78, 5) is 41.9. The summed E-state index contributed by atoms with van der Waals surface area (Å²) in [7, 11) is 1.34. The van der Waals surface area contributed by atoms with Crippen molar-refractivity contribution in [1.29, 1.82) is 0 Å². The summed E-state index contributed by atoms with van der Waals surface area (Å²) in [6.45, 7) is 1.91. The molecule has 4 rings (SSSR count). The number of H-pyrrole nitrogens is 1. The molecular weight excluding hydrogens is 408 g/mol. The van der Waals surface area contributed by atoms with Crippen LogP contribution in [-0.2, 0) is 7.05 Å². The molecule has 32 heavy (non-hydrogen) atoms. The van der Waals surface area contributed by atoms with Crippen molar-refractivity contribution in [2.75, 3.05) is 4.90 Å². The highest BCUT2D eigenvalue weighted by atomic mass is 16.5. The molecule has 162 valence electrons. The van der Waals surface area contributed by atoms with Gasteiger partial charge in [-0.25, -0.2) is 4.79 Å². The highest BCUT2D eigenvalue weighted by Gasteiger charge is 2.33. The van der Waals surface area contributed by atoms with Crippen LogP contribution in [0.1, 0.15) is 34.5 Å². The predicted octanol–water partition coefficient (Wildman–Crippen LogP) is 2.93. The van der Waals surface area contributed by atoms with Crippen molar-refractivity contribution in [2.24, 2.45) is 7.05 Å². The molecule has 0 aliphatic rings. The lowest BCUT2D eigenvalue weighted by Crippen LogP contribution is -2.44. The first-order valence-electron chi connectivity index (χ1n) is 10.1. The average Bonchev–Trinajstić information content (AvgIpc) is 3.33. The van der Waals surface area contributed by atoms with E-state index in [1.54, 1.807) is 0 Å². The second kappa shape index (κ2) is 8.89. The maximum atomic E-state index is 13.6. The van der Waals surface area contributed by atoms with Gasteiger partial charge in [-0.2, -0.15) is 0 Å². The Balaban J connectivity index is 1.85. The second-order valence-corrected chi connectivity index (χ2v) is 7.48. The number of aromatic nitrogens is 3. The van der Waals surface area contributed by atoms with Crippen LogP contribution in [0.15, 0.2) is 93.3 Å². The molecule has 0 saturated carbocycles. The van der Waals surface area contributed by atoms with Crippen LogP contribution in [0.4, 0.5) is 5.69 Å². The van der Waals surface area contributed by atoms with Gasteiger partial charge in [0, 0.05) is 25.1 Å². The minimum atomic E-state index is -0.665. The molecule has 2 aromatic heterocycles. The van der Waals surface area contributed by atoms with Gasteiger partial charge < -0.3 is 9.51 Å². The summed E-state index contributed by atoms with van der Waals surface area (Å²) in [6.07, 6.45) is 2.79. The third kappa shape index (κ3) is 4.02. The van der Waals surface area contributed by atoms with Gasteiger partial charge in [-0.3, -0.25) is 19.1 Å². The van der Waals surface area contributed by atoms with E-state index < -0.39 is 23.2 Å². The molecule has 0 fully saturated rings. The average molecular weight is 430 g/mol. The number of nitrogens with zero attached hydrogens (tertiary/aromatic N) is 3. The number of anilines is 1. The number of benzene rings is 2. The van der Waals surface area contributed by atoms with Gasteiger partial charge in [0.25, 0.3) is 11.5 Å². The van der Waals surface area contributed by atoms with Crippen LogP contribution < -0.4 is 16.1 Å². The zero-order valence-electron chi connectivity index (χ0n) is 17.6. The molecule has 0 saturated heterocycles. The minimum absolute atomic E-state index is 0.106. The normalized spacial score (nSPS) is 12.0. The van der Waals surface area contributed by atoms with E-state index in [0.717, 1.165) is 21.8 Å². The van der Waals surface area contributed by atoms with E-state index in [1.165, 1.54) is 24.4 Å². The Morgan fingerprint density at radius 2 is 1.62 bits per heavy atom. The lowest BCUT2D eigenvalue weighted by atomic mass is 9.84. The van der Waals surface area contributed by atoms with Gasteiger partial charge in [-0.15, -0.1) is 0 Å². The monoisotopic (exact) mass is 430 g/mol. The molecule has 4 aromatic rings. The molecular formula is C24H22N4O4. The molecule has 1 unspecified atom stereocenters. The summed E-state index contributed by atoms with van der Waals surface area (Å²) in [6, 6.07) is 20.4. The molecule has 1 amide bonds. The standard InChI is InChI=1S/C24H22N4O4/c1-16(22(17-9-5-3-6-10-17)18-11-7-4-8-12-18)28(19-14-25-32-15-19)23(30)20-13-21(29)27(2)24(31)26-20/h3-16,22H,1-2H3,(H,26,31). The van der Waals surface area contributed by atoms with Gasteiger partial charge >= 0.3 is 5.69 Å². The van der Waals surface area contributed by atoms with Gasteiger partial charge in [-0.1, -0.05) is 65.8 Å². The van der Waals surface area contributed by atoms with Crippen molar-refractivity contribution in [2.45, 2.75) is 18.9 Å². The second-order valence-electron chi connectivity index (χ2n) is 7.48. The van der Waals surface area contributed by atoms with Crippen molar-refractivity contribution in [3.63, 3.8) is 0 Å². The maximum absolute atomic E-state index is 13.6. The first kappa shape index (κ1) is 21.0. The Morgan fingerprint density at radius 1 is 1.03 bits per heavy atom. The lowest BCUT2D eigenvalue weighted by molar-refractivity contribution is 0.0970. The number of aromatic amines is 1. The highest BCUT2D eigenvalue weighted by Crippen LogP contribution is 2.33. The number of rotatable bonds is 6. The van der Waals surface area contributed by atoms with Crippen LogP contribution in [-0.4, -0.2) is 26.7 Å². The quantitative estimate of drug-likeness (QED) is 0.507. The minimum Gasteiger partial charge on any atom is -0.363 e. The summed E-state index contributed by atoms with van der Waals surface area (Å²) in [5.74, 6) is -0.734. The fourth-order valence-electron chi connectivity index (χ4n) is 3.88. The maximum Gasteiger partial charge on any atom is 0.328 e. The molecule has 0 aliphatic heterocycles. The molecule has 0 bridgehead atoms. The van der Waals surface area contributed by atoms with E-state index in [-0.39, 0.29) is 11.6 Å². The van der Waals surface area contributed by atoms with Crippen LogP contribution in [0.3, 0.4) is 0 Å². The van der Waals surface area contributed by atoms with Crippen LogP contribution in [0.2, 0.25) is 0 Å². The Labute approximate surface area is 183 Å². The fraction of sp³-hybridized carbons (Fsp3) is 0.167. The highest BCUT2D eigenvalue weighted by molar-refractivity contribution is 6.05. The van der Waals surface area contributed by atoms with Crippen molar-refractivity contribution in [1.82, 2.24) is 14.7 Å². The van der Waals surface area contributed by atoms with Crippen LogP contribution >= 0.6 is 0 Å². The smallest absolute Gasteiger partial charge is 0.328 e. The molecule has 2 heterocycles. The number of hydrogen-bond donors (Lipinski definition) is 1. The van der Waals surface area contributed by atoms with E-state index in [1.807, 2.05) is 67.6 Å². The number of hydrogen-bond acceptors (Lipinski definition) is 5. The van der Waals surface area contributed by atoms with E-state index in [9.17, 15) is 14.4 Å². The molecule has 1 N–H and O–H groups in total. The fourth-order valence-corrected chi connectivity index (χ4v) is 3.88. The first-order chi connectivity index (χ1) is 15.5. The third-order valence-electron chi connectivity index (χ3n) is 5.50. The van der Waals surface area contributed by atoms with Gasteiger partial charge in [0.1, 0.15) is 17.6 Å². The van der Waals surface area contributed by atoms with E-state index in [0.29, 0.717) is 5.69 Å². The number of nitrogens with one attached hydrogen (secondary N) is 1. The van der Waals surface area contributed by atoms with Crippen molar-refractivity contribution < 1.29 is 9.32 Å². The molecule has 2 aromatic carbocycles. The molecule has 8 heteroatoms.